The number of hydrogen-bond acceptors (Lipinski definition) is 6. The second kappa shape index (κ2) is 9.53. The van der Waals surface area contributed by atoms with E-state index >= 15 is 0 Å². The van der Waals surface area contributed by atoms with Gasteiger partial charge < -0.3 is 22.5 Å². The molecule has 1 heterocycles. The molecule has 0 saturated heterocycles. The second-order valence-corrected chi connectivity index (χ2v) is 5.63. The molecular formula is C14H19ClN3O3S-. The van der Waals surface area contributed by atoms with Crippen molar-refractivity contribution in [3.63, 3.8) is 0 Å². The maximum atomic E-state index is 11.1. The van der Waals surface area contributed by atoms with Crippen LogP contribution in [-0.2, 0) is 5.75 Å². The van der Waals surface area contributed by atoms with E-state index in [0.717, 1.165) is 36.7 Å². The van der Waals surface area contributed by atoms with Crippen LogP contribution in [0.1, 0.15) is 25.3 Å². The first kappa shape index (κ1) is 18.6. The Kier molecular flexibility index (Phi) is 8.05. The maximum absolute atomic E-state index is 11.1. The standard InChI is InChI=1S/C14H19N3O3S.ClH/c1-2-3-8-20-13-5-4-11(9-12(13)17(18)19)10-21-14-15-6-7-16-14;/h4-5,9H,2-3,6-8,10H2,1H3,(H,15,16);1H/p-1. The lowest BCUT2D eigenvalue weighted by molar-refractivity contribution is -0.385. The summed E-state index contributed by atoms with van der Waals surface area (Å²) < 4.78 is 5.49. The topological polar surface area (TPSA) is 76.8 Å². The van der Waals surface area contributed by atoms with E-state index in [4.69, 9.17) is 4.74 Å². The summed E-state index contributed by atoms with van der Waals surface area (Å²) in [4.78, 5) is 15.0. The Balaban J connectivity index is 0.00000242. The summed E-state index contributed by atoms with van der Waals surface area (Å²) in [6.45, 7) is 4.23. The molecule has 1 aromatic rings. The van der Waals surface area contributed by atoms with Crippen molar-refractivity contribution in [2.75, 3.05) is 19.7 Å². The molecule has 1 N–H and O–H groups in total. The number of ether oxygens (including phenoxy) is 1. The molecule has 0 atom stereocenters. The normalized spacial score (nSPS) is 13.0. The van der Waals surface area contributed by atoms with Gasteiger partial charge in [0.25, 0.3) is 0 Å². The van der Waals surface area contributed by atoms with Crippen LogP contribution in [0.5, 0.6) is 5.75 Å². The van der Waals surface area contributed by atoms with Crippen molar-refractivity contribution in [2.24, 2.45) is 4.99 Å². The summed E-state index contributed by atoms with van der Waals surface area (Å²) in [5.41, 5.74) is 0.927. The molecule has 0 spiro atoms. The highest BCUT2D eigenvalue weighted by atomic mass is 35.5. The molecule has 8 heteroatoms. The third-order valence-electron chi connectivity index (χ3n) is 2.99. The van der Waals surface area contributed by atoms with E-state index in [9.17, 15) is 10.1 Å². The average molecular weight is 345 g/mol. The molecule has 0 bridgehead atoms. The van der Waals surface area contributed by atoms with Crippen molar-refractivity contribution >= 4 is 22.6 Å². The molecule has 2 rings (SSSR count). The fourth-order valence-corrected chi connectivity index (χ4v) is 2.74. The molecule has 6 nitrogen and oxygen atoms in total. The fraction of sp³-hybridized carbons (Fsp3) is 0.500. The van der Waals surface area contributed by atoms with Gasteiger partial charge in [0.2, 0.25) is 0 Å². The molecule has 22 heavy (non-hydrogen) atoms. The van der Waals surface area contributed by atoms with Crippen LogP contribution in [-0.4, -0.2) is 29.8 Å². The molecule has 1 aromatic carbocycles. The van der Waals surface area contributed by atoms with E-state index in [0.29, 0.717) is 18.1 Å². The molecule has 0 unspecified atom stereocenters. The fourth-order valence-electron chi connectivity index (χ4n) is 1.87. The van der Waals surface area contributed by atoms with E-state index in [2.05, 4.69) is 17.2 Å². The summed E-state index contributed by atoms with van der Waals surface area (Å²) in [5, 5.41) is 15.2. The van der Waals surface area contributed by atoms with Crippen molar-refractivity contribution in [3.05, 3.63) is 33.9 Å². The molecule has 0 fully saturated rings. The monoisotopic (exact) mass is 344 g/mol. The number of amidine groups is 1. The lowest BCUT2D eigenvalue weighted by Crippen LogP contribution is -3.00. The van der Waals surface area contributed by atoms with Crippen LogP contribution in [0.4, 0.5) is 5.69 Å². The number of nitro groups is 1. The van der Waals surface area contributed by atoms with Crippen LogP contribution in [0.25, 0.3) is 0 Å². The van der Waals surface area contributed by atoms with Gasteiger partial charge in [-0.25, -0.2) is 0 Å². The van der Waals surface area contributed by atoms with Gasteiger partial charge >= 0.3 is 5.69 Å². The van der Waals surface area contributed by atoms with Gasteiger partial charge in [-0.15, -0.1) is 0 Å². The molecule has 1 aliphatic heterocycles. The minimum atomic E-state index is -0.388. The number of nitro benzene ring substituents is 1. The van der Waals surface area contributed by atoms with Crippen molar-refractivity contribution in [1.82, 2.24) is 5.32 Å². The zero-order valence-corrected chi connectivity index (χ0v) is 14.0. The first-order valence-corrected chi connectivity index (χ1v) is 8.00. The van der Waals surface area contributed by atoms with Crippen LogP contribution < -0.4 is 22.5 Å². The number of benzene rings is 1. The van der Waals surface area contributed by atoms with Gasteiger partial charge in [0.05, 0.1) is 18.1 Å². The van der Waals surface area contributed by atoms with E-state index < -0.39 is 0 Å². The Hall–Kier alpha value is -1.47. The van der Waals surface area contributed by atoms with Gasteiger partial charge in [-0.1, -0.05) is 31.2 Å². The van der Waals surface area contributed by atoms with Crippen molar-refractivity contribution in [2.45, 2.75) is 25.5 Å². The summed E-state index contributed by atoms with van der Waals surface area (Å²) in [5.74, 6) is 1.00. The third-order valence-corrected chi connectivity index (χ3v) is 4.02. The van der Waals surface area contributed by atoms with Crippen LogP contribution in [0.15, 0.2) is 23.2 Å². The SMILES string of the molecule is CCCCOc1ccc(CSC2=NCCN2)cc1[N+](=O)[O-].[Cl-]. The minimum absolute atomic E-state index is 0. The second-order valence-electron chi connectivity index (χ2n) is 4.66. The third kappa shape index (κ3) is 5.38. The lowest BCUT2D eigenvalue weighted by Gasteiger charge is -2.08. The molecule has 0 radical (unpaired) electrons. The molecule has 0 aromatic heterocycles. The molecule has 0 saturated carbocycles. The Bertz CT molecular complexity index is 540. The number of thioether (sulfide) groups is 1. The zero-order chi connectivity index (χ0) is 15.1. The van der Waals surface area contributed by atoms with E-state index in [-0.39, 0.29) is 23.0 Å². The van der Waals surface area contributed by atoms with Gasteiger partial charge in [0.15, 0.2) is 10.9 Å². The highest BCUT2D eigenvalue weighted by Crippen LogP contribution is 2.29. The van der Waals surface area contributed by atoms with Gasteiger partial charge in [-0.05, 0) is 18.1 Å². The summed E-state index contributed by atoms with van der Waals surface area (Å²) >= 11 is 1.56. The number of rotatable bonds is 7. The molecular weight excluding hydrogens is 326 g/mol. The first-order valence-electron chi connectivity index (χ1n) is 7.02. The Morgan fingerprint density at radius 3 is 2.95 bits per heavy atom. The number of unbranched alkanes of at least 4 members (excludes halogenated alkanes) is 1. The van der Waals surface area contributed by atoms with Gasteiger partial charge in [0.1, 0.15) is 0 Å². The van der Waals surface area contributed by atoms with Crippen LogP contribution in [0.2, 0.25) is 0 Å². The largest absolute Gasteiger partial charge is 1.00 e. The van der Waals surface area contributed by atoms with E-state index in [1.807, 2.05) is 6.07 Å². The number of nitrogens with zero attached hydrogens (tertiary/aromatic N) is 2. The van der Waals surface area contributed by atoms with Crippen LogP contribution >= 0.6 is 11.8 Å². The van der Waals surface area contributed by atoms with Crippen molar-refractivity contribution < 1.29 is 22.1 Å². The first-order chi connectivity index (χ1) is 10.2. The lowest BCUT2D eigenvalue weighted by atomic mass is 10.2. The Morgan fingerprint density at radius 1 is 1.50 bits per heavy atom. The summed E-state index contributed by atoms with van der Waals surface area (Å²) in [6.07, 6.45) is 1.89. The highest BCUT2D eigenvalue weighted by molar-refractivity contribution is 8.13. The summed E-state index contributed by atoms with van der Waals surface area (Å²) in [6, 6.07) is 5.15. The van der Waals surface area contributed by atoms with E-state index in [1.54, 1.807) is 23.9 Å². The van der Waals surface area contributed by atoms with Crippen LogP contribution in [0.3, 0.4) is 0 Å². The predicted molar refractivity (Wildman–Crippen MR) is 85.1 cm³/mol. The number of hydrogen-bond donors (Lipinski definition) is 1. The van der Waals surface area contributed by atoms with Gasteiger partial charge in [-0.2, -0.15) is 0 Å². The molecule has 0 amide bonds. The minimum Gasteiger partial charge on any atom is -1.00 e. The highest BCUT2D eigenvalue weighted by Gasteiger charge is 2.16. The van der Waals surface area contributed by atoms with Crippen molar-refractivity contribution in [3.8, 4) is 5.75 Å². The predicted octanol–water partition coefficient (Wildman–Crippen LogP) is -0.0299. The average Bonchev–Trinajstić information content (AvgIpc) is 2.99. The smallest absolute Gasteiger partial charge is 0.311 e. The quantitative estimate of drug-likeness (QED) is 0.427. The Labute approximate surface area is 140 Å². The number of halogens is 1. The van der Waals surface area contributed by atoms with Crippen LogP contribution in [0, 0.1) is 10.1 Å². The zero-order valence-electron chi connectivity index (χ0n) is 12.4. The Morgan fingerprint density at radius 2 is 2.32 bits per heavy atom. The molecule has 0 aliphatic carbocycles. The number of nitrogens with one attached hydrogen (secondary N) is 1. The molecule has 1 aliphatic rings. The van der Waals surface area contributed by atoms with Gasteiger partial charge in [-0.3, -0.25) is 15.1 Å². The maximum Gasteiger partial charge on any atom is 0.311 e. The van der Waals surface area contributed by atoms with Gasteiger partial charge in [0, 0.05) is 18.4 Å². The number of aliphatic imine (C=N–C) groups is 1. The van der Waals surface area contributed by atoms with Crippen molar-refractivity contribution in [1.29, 1.82) is 0 Å². The van der Waals surface area contributed by atoms with E-state index in [1.165, 1.54) is 0 Å². The molecule has 122 valence electrons. The summed E-state index contributed by atoms with van der Waals surface area (Å²) in [7, 11) is 0.